The number of benzene rings is 2. The van der Waals surface area contributed by atoms with Crippen LogP contribution in [0.15, 0.2) is 67.0 Å². The molecule has 2 aromatic carbocycles. The van der Waals surface area contributed by atoms with Crippen LogP contribution in [0.4, 0.5) is 18.9 Å². The Hall–Kier alpha value is -3.43. The maximum Gasteiger partial charge on any atom is 0.268 e. The van der Waals surface area contributed by atoms with E-state index in [1.54, 1.807) is 49.4 Å². The number of rotatable bonds is 6. The number of alkyl halides is 3. The van der Waals surface area contributed by atoms with Gasteiger partial charge in [0.25, 0.3) is 11.8 Å². The van der Waals surface area contributed by atoms with Crippen LogP contribution in [0.1, 0.15) is 39.9 Å². The van der Waals surface area contributed by atoms with E-state index >= 15 is 4.39 Å². The van der Waals surface area contributed by atoms with Gasteiger partial charge in [-0.1, -0.05) is 36.4 Å². The molecule has 0 radical (unpaired) electrons. The van der Waals surface area contributed by atoms with Crippen molar-refractivity contribution in [3.63, 3.8) is 0 Å². The maximum absolute atomic E-state index is 15.2. The zero-order chi connectivity index (χ0) is 27.9. The quantitative estimate of drug-likeness (QED) is 0.426. The molecule has 2 aliphatic rings. The third-order valence-corrected chi connectivity index (χ3v) is 8.32. The number of nitrogens with zero attached hydrogens (tertiary/aromatic N) is 2. The van der Waals surface area contributed by atoms with Crippen molar-refractivity contribution in [2.24, 2.45) is 11.8 Å². The first-order valence-corrected chi connectivity index (χ1v) is 13.1. The van der Waals surface area contributed by atoms with E-state index in [0.717, 1.165) is 0 Å². The SMILES string of the molecule is Cc1cccc([C@@]2(O)C(=O)N(C[C@H]3C[C@@H](C(F)F)[C@H](NC(=O)c4cccnc4)C[C@H]3Cl)c3ccccc32)c1F. The smallest absolute Gasteiger partial charge is 0.268 e. The van der Waals surface area contributed by atoms with Gasteiger partial charge in [0.1, 0.15) is 5.82 Å². The zero-order valence-corrected chi connectivity index (χ0v) is 21.8. The zero-order valence-electron chi connectivity index (χ0n) is 21.0. The summed E-state index contributed by atoms with van der Waals surface area (Å²) in [4.78, 5) is 31.6. The van der Waals surface area contributed by atoms with Crippen molar-refractivity contribution in [2.45, 2.75) is 43.2 Å². The maximum atomic E-state index is 15.2. The van der Waals surface area contributed by atoms with Crippen molar-refractivity contribution in [1.82, 2.24) is 10.3 Å². The summed E-state index contributed by atoms with van der Waals surface area (Å²) in [5, 5.41) is 13.7. The number of amides is 2. The first kappa shape index (κ1) is 27.1. The molecule has 2 N–H and O–H groups in total. The fraction of sp³-hybridized carbons (Fsp3) is 0.345. The molecule has 3 aromatic rings. The van der Waals surface area contributed by atoms with Crippen molar-refractivity contribution in [3.05, 3.63) is 95.1 Å². The number of halogens is 4. The van der Waals surface area contributed by atoms with Gasteiger partial charge in [-0.25, -0.2) is 13.2 Å². The van der Waals surface area contributed by atoms with E-state index in [4.69, 9.17) is 11.6 Å². The molecule has 1 saturated carbocycles. The molecule has 1 aliphatic heterocycles. The largest absolute Gasteiger partial charge is 0.372 e. The normalized spacial score (nSPS) is 26.5. The van der Waals surface area contributed by atoms with Crippen LogP contribution in [-0.4, -0.2) is 46.3 Å². The third kappa shape index (κ3) is 4.78. The number of hydrogen-bond acceptors (Lipinski definition) is 4. The van der Waals surface area contributed by atoms with Crippen LogP contribution in [0.3, 0.4) is 0 Å². The molecule has 1 aromatic heterocycles. The number of carbonyl (C=O) groups excluding carboxylic acids is 2. The summed E-state index contributed by atoms with van der Waals surface area (Å²) in [5.74, 6) is -3.75. The first-order chi connectivity index (χ1) is 18.6. The van der Waals surface area contributed by atoms with Crippen molar-refractivity contribution in [2.75, 3.05) is 11.4 Å². The topological polar surface area (TPSA) is 82.5 Å². The minimum absolute atomic E-state index is 0.0494. The van der Waals surface area contributed by atoms with E-state index in [-0.39, 0.29) is 41.6 Å². The van der Waals surface area contributed by atoms with Gasteiger partial charge in [0, 0.05) is 47.4 Å². The molecule has 0 unspecified atom stereocenters. The predicted octanol–water partition coefficient (Wildman–Crippen LogP) is 4.81. The second-order valence-corrected chi connectivity index (χ2v) is 10.7. The lowest BCUT2D eigenvalue weighted by molar-refractivity contribution is -0.132. The Morgan fingerprint density at radius 1 is 1.15 bits per heavy atom. The van der Waals surface area contributed by atoms with Gasteiger partial charge in [-0.2, -0.15) is 0 Å². The van der Waals surface area contributed by atoms with Gasteiger partial charge in [-0.05, 0) is 49.4 Å². The Kier molecular flexibility index (Phi) is 7.39. The molecule has 0 saturated heterocycles. The van der Waals surface area contributed by atoms with Gasteiger partial charge < -0.3 is 15.3 Å². The molecule has 5 rings (SSSR count). The highest BCUT2D eigenvalue weighted by Crippen LogP contribution is 2.47. The molecular weight excluding hydrogens is 531 g/mol. The highest BCUT2D eigenvalue weighted by Gasteiger charge is 2.53. The number of anilines is 1. The summed E-state index contributed by atoms with van der Waals surface area (Å²) < 4.78 is 43.6. The number of carbonyl (C=O) groups is 2. The summed E-state index contributed by atoms with van der Waals surface area (Å²) in [6.45, 7) is 1.49. The second-order valence-electron chi connectivity index (χ2n) is 10.1. The summed E-state index contributed by atoms with van der Waals surface area (Å²) >= 11 is 6.70. The average molecular weight is 558 g/mol. The molecule has 2 amide bonds. The van der Waals surface area contributed by atoms with Crippen LogP contribution < -0.4 is 10.2 Å². The fourth-order valence-electron chi connectivity index (χ4n) is 5.69. The lowest BCUT2D eigenvalue weighted by Crippen LogP contribution is -2.52. The molecule has 1 fully saturated rings. The van der Waals surface area contributed by atoms with Gasteiger partial charge >= 0.3 is 0 Å². The minimum atomic E-state index is -2.74. The number of aromatic nitrogens is 1. The van der Waals surface area contributed by atoms with Gasteiger partial charge in [0.15, 0.2) is 5.60 Å². The van der Waals surface area contributed by atoms with Gasteiger partial charge in [0.2, 0.25) is 6.43 Å². The Bertz CT molecular complexity index is 1390. The molecular formula is C29H27ClF3N3O3. The first-order valence-electron chi connectivity index (χ1n) is 12.7. The van der Waals surface area contributed by atoms with Crippen LogP contribution in [0.25, 0.3) is 0 Å². The Labute approximate surface area is 228 Å². The van der Waals surface area contributed by atoms with Crippen LogP contribution in [0.5, 0.6) is 0 Å². The van der Waals surface area contributed by atoms with Gasteiger partial charge in [-0.3, -0.25) is 14.6 Å². The number of aryl methyl sites for hydroxylation is 1. The number of hydrogen-bond donors (Lipinski definition) is 2. The molecule has 0 spiro atoms. The number of aliphatic hydroxyl groups is 1. The number of para-hydroxylation sites is 1. The van der Waals surface area contributed by atoms with E-state index in [1.807, 2.05) is 0 Å². The van der Waals surface area contributed by atoms with Crippen LogP contribution in [-0.2, 0) is 10.4 Å². The van der Waals surface area contributed by atoms with Crippen molar-refractivity contribution in [3.8, 4) is 0 Å². The number of fused-ring (bicyclic) bond motifs is 1. The number of nitrogens with one attached hydrogen (secondary N) is 1. The van der Waals surface area contributed by atoms with Crippen molar-refractivity contribution >= 4 is 29.1 Å². The molecule has 6 nitrogen and oxygen atoms in total. The van der Waals surface area contributed by atoms with E-state index in [2.05, 4.69) is 10.3 Å². The van der Waals surface area contributed by atoms with E-state index in [9.17, 15) is 23.5 Å². The van der Waals surface area contributed by atoms with Crippen LogP contribution >= 0.6 is 11.6 Å². The highest BCUT2D eigenvalue weighted by atomic mass is 35.5. The van der Waals surface area contributed by atoms with Crippen molar-refractivity contribution < 1.29 is 27.9 Å². The van der Waals surface area contributed by atoms with E-state index in [0.29, 0.717) is 5.69 Å². The molecule has 1 aliphatic carbocycles. The standard InChI is InChI=1S/C29H27ClF3N3O3/c1-16-6-4-9-21(25(16)31)29(39)20-8-2-3-10-24(20)36(28(29)38)15-18-12-19(26(32)33)23(13-22(18)30)35-27(37)17-7-5-11-34-14-17/h2-11,14,18-19,22-23,26,39H,12-13,15H2,1H3,(H,35,37)/t18-,19-,22-,23-,29-/m1/s1. The van der Waals surface area contributed by atoms with Crippen molar-refractivity contribution in [1.29, 1.82) is 0 Å². The molecule has 204 valence electrons. The van der Waals surface area contributed by atoms with Crippen LogP contribution in [0.2, 0.25) is 0 Å². The molecule has 10 heteroatoms. The Morgan fingerprint density at radius 3 is 2.62 bits per heavy atom. The lowest BCUT2D eigenvalue weighted by Gasteiger charge is -2.40. The van der Waals surface area contributed by atoms with Gasteiger partial charge in [0.05, 0.1) is 11.3 Å². The number of pyridine rings is 1. The monoisotopic (exact) mass is 557 g/mol. The average Bonchev–Trinajstić information content (AvgIpc) is 3.14. The minimum Gasteiger partial charge on any atom is -0.372 e. The second kappa shape index (κ2) is 10.6. The third-order valence-electron chi connectivity index (χ3n) is 7.78. The highest BCUT2D eigenvalue weighted by molar-refractivity contribution is 6.21. The fourth-order valence-corrected chi connectivity index (χ4v) is 6.07. The van der Waals surface area contributed by atoms with E-state index < -0.39 is 52.9 Å². The van der Waals surface area contributed by atoms with E-state index in [1.165, 1.54) is 29.4 Å². The molecule has 0 bridgehead atoms. The Morgan fingerprint density at radius 2 is 1.90 bits per heavy atom. The predicted molar refractivity (Wildman–Crippen MR) is 140 cm³/mol. The Balaban J connectivity index is 1.40. The molecule has 2 heterocycles. The summed E-state index contributed by atoms with van der Waals surface area (Å²) in [6.07, 6.45) is 0.118. The van der Waals surface area contributed by atoms with Gasteiger partial charge in [-0.15, -0.1) is 11.6 Å². The molecule has 5 atom stereocenters. The lowest BCUT2D eigenvalue weighted by atomic mass is 9.77. The summed E-state index contributed by atoms with van der Waals surface area (Å²) in [6, 6.07) is 13.2. The molecule has 39 heavy (non-hydrogen) atoms. The summed E-state index contributed by atoms with van der Waals surface area (Å²) in [5.41, 5.74) is -1.33. The summed E-state index contributed by atoms with van der Waals surface area (Å²) in [7, 11) is 0. The van der Waals surface area contributed by atoms with Crippen LogP contribution in [0, 0.1) is 24.6 Å².